The van der Waals surface area contributed by atoms with Gasteiger partial charge in [0.25, 0.3) is 0 Å². The molecule has 0 unspecified atom stereocenters. The monoisotopic (exact) mass is 346 g/mol. The number of carbonyl (C=O) groups excluding carboxylic acids is 1. The van der Waals surface area contributed by atoms with E-state index in [1.54, 1.807) is 39.8 Å². The van der Waals surface area contributed by atoms with Gasteiger partial charge in [0.05, 0.1) is 0 Å². The quantitative estimate of drug-likeness (QED) is 0.824. The van der Waals surface area contributed by atoms with Crippen LogP contribution in [0.15, 0.2) is 25.0 Å². The lowest BCUT2D eigenvalue weighted by Gasteiger charge is -2.40. The van der Waals surface area contributed by atoms with E-state index in [4.69, 9.17) is 0 Å². The Morgan fingerprint density at radius 2 is 2.08 bits per heavy atom. The fourth-order valence-electron chi connectivity index (χ4n) is 3.41. The molecular weight excluding hydrogens is 324 g/mol. The van der Waals surface area contributed by atoms with Gasteiger partial charge in [0.15, 0.2) is 0 Å². The first-order valence-electron chi connectivity index (χ1n) is 8.37. The summed E-state index contributed by atoms with van der Waals surface area (Å²) < 4.78 is 3.42. The Hall–Kier alpha value is -2.71. The van der Waals surface area contributed by atoms with Crippen LogP contribution in [0, 0.1) is 6.92 Å². The zero-order valence-corrected chi connectivity index (χ0v) is 14.2. The molecule has 0 saturated carbocycles. The van der Waals surface area contributed by atoms with Gasteiger partial charge in [-0.25, -0.2) is 14.8 Å². The van der Waals surface area contributed by atoms with Crippen molar-refractivity contribution in [1.29, 1.82) is 0 Å². The molecule has 1 saturated heterocycles. The van der Waals surface area contributed by atoms with E-state index in [0.29, 0.717) is 51.1 Å². The van der Waals surface area contributed by atoms with Crippen LogP contribution in [0.1, 0.15) is 31.5 Å². The molecule has 9 heteroatoms. The minimum Gasteiger partial charge on any atom is -0.479 e. The third-order valence-corrected chi connectivity index (χ3v) is 4.87. The molecule has 0 bridgehead atoms. The topological polar surface area (TPSA) is 106 Å². The van der Waals surface area contributed by atoms with Gasteiger partial charge in [-0.05, 0) is 26.2 Å². The normalized spacial score (nSPS) is 16.8. The maximum atomic E-state index is 12.4. The third kappa shape index (κ3) is 3.40. The van der Waals surface area contributed by atoms with Gasteiger partial charge in [-0.1, -0.05) is 0 Å². The predicted molar refractivity (Wildman–Crippen MR) is 87.6 cm³/mol. The number of likely N-dealkylation sites (tertiary alicyclic amines) is 1. The maximum Gasteiger partial charge on any atom is 0.330 e. The van der Waals surface area contributed by atoms with Crippen molar-refractivity contribution in [2.45, 2.75) is 44.7 Å². The summed E-state index contributed by atoms with van der Waals surface area (Å²) in [5, 5.41) is 13.8. The van der Waals surface area contributed by atoms with Gasteiger partial charge < -0.3 is 14.6 Å². The summed E-state index contributed by atoms with van der Waals surface area (Å²) in [6.07, 6.45) is 8.28. The molecule has 0 aliphatic carbocycles. The molecular formula is C16H22N6O3. The smallest absolute Gasteiger partial charge is 0.330 e. The summed E-state index contributed by atoms with van der Waals surface area (Å²) in [4.78, 5) is 34.1. The second-order valence-corrected chi connectivity index (χ2v) is 6.32. The molecule has 1 aliphatic heterocycles. The van der Waals surface area contributed by atoms with Crippen LogP contribution in [-0.4, -0.2) is 59.3 Å². The van der Waals surface area contributed by atoms with E-state index in [2.05, 4.69) is 15.1 Å². The molecule has 2 aromatic rings. The molecule has 25 heavy (non-hydrogen) atoms. The van der Waals surface area contributed by atoms with E-state index >= 15 is 0 Å². The highest BCUT2D eigenvalue weighted by molar-refractivity contribution is 5.79. The van der Waals surface area contributed by atoms with E-state index in [1.807, 2.05) is 0 Å². The Morgan fingerprint density at radius 3 is 2.64 bits per heavy atom. The van der Waals surface area contributed by atoms with Crippen LogP contribution in [0.25, 0.3) is 0 Å². The summed E-state index contributed by atoms with van der Waals surface area (Å²) in [5.74, 6) is -0.136. The summed E-state index contributed by atoms with van der Waals surface area (Å²) in [7, 11) is 0. The van der Waals surface area contributed by atoms with Crippen LogP contribution < -0.4 is 0 Å². The van der Waals surface area contributed by atoms with Crippen molar-refractivity contribution in [3.8, 4) is 0 Å². The number of hydrogen-bond acceptors (Lipinski definition) is 5. The van der Waals surface area contributed by atoms with E-state index in [9.17, 15) is 14.7 Å². The highest BCUT2D eigenvalue weighted by Gasteiger charge is 2.44. The molecule has 3 rings (SSSR count). The fraction of sp³-hybridized carbons (Fsp3) is 0.562. The standard InChI is InChI=1S/C16H22N6O3/c1-13-18-6-10-22(13)16(15(24)25)4-8-20(9-5-16)14(23)3-2-7-21-12-17-11-19-21/h6,10-12H,2-5,7-9H2,1H3,(H,24,25). The van der Waals surface area contributed by atoms with Crippen molar-refractivity contribution in [2.24, 2.45) is 0 Å². The average Bonchev–Trinajstić information content (AvgIpc) is 3.26. The van der Waals surface area contributed by atoms with Gasteiger partial charge in [0, 0.05) is 38.4 Å². The van der Waals surface area contributed by atoms with Crippen molar-refractivity contribution in [2.75, 3.05) is 13.1 Å². The Bertz CT molecular complexity index is 731. The minimum absolute atomic E-state index is 0.0569. The lowest BCUT2D eigenvalue weighted by molar-refractivity contribution is -0.152. The van der Waals surface area contributed by atoms with E-state index < -0.39 is 11.5 Å². The lowest BCUT2D eigenvalue weighted by atomic mass is 9.86. The average molecular weight is 346 g/mol. The van der Waals surface area contributed by atoms with Gasteiger partial charge in [-0.3, -0.25) is 9.48 Å². The number of nitrogens with zero attached hydrogens (tertiary/aromatic N) is 6. The molecule has 2 aromatic heterocycles. The number of imidazole rings is 1. The number of aryl methyl sites for hydroxylation is 2. The van der Waals surface area contributed by atoms with Crippen LogP contribution in [0.4, 0.5) is 0 Å². The Morgan fingerprint density at radius 1 is 1.32 bits per heavy atom. The number of aliphatic carboxylic acids is 1. The van der Waals surface area contributed by atoms with Crippen molar-refractivity contribution in [3.05, 3.63) is 30.9 Å². The van der Waals surface area contributed by atoms with Crippen LogP contribution in [-0.2, 0) is 21.7 Å². The molecule has 1 aliphatic rings. The zero-order valence-electron chi connectivity index (χ0n) is 14.2. The number of rotatable bonds is 6. The molecule has 1 N–H and O–H groups in total. The SMILES string of the molecule is Cc1nccn1C1(C(=O)O)CCN(C(=O)CCCn2cncn2)CC1. The van der Waals surface area contributed by atoms with Crippen molar-refractivity contribution in [1.82, 2.24) is 29.2 Å². The van der Waals surface area contributed by atoms with Crippen molar-refractivity contribution in [3.63, 3.8) is 0 Å². The largest absolute Gasteiger partial charge is 0.479 e. The van der Waals surface area contributed by atoms with Gasteiger partial charge >= 0.3 is 5.97 Å². The molecule has 0 spiro atoms. The number of aromatic nitrogens is 5. The minimum atomic E-state index is -1.02. The summed E-state index contributed by atoms with van der Waals surface area (Å²) in [6.45, 7) is 3.32. The number of amides is 1. The Labute approximate surface area is 145 Å². The summed E-state index contributed by atoms with van der Waals surface area (Å²) >= 11 is 0. The molecule has 0 atom stereocenters. The number of carboxylic acids is 1. The van der Waals surface area contributed by atoms with E-state index in [-0.39, 0.29) is 5.91 Å². The number of carbonyl (C=O) groups is 2. The molecule has 1 fully saturated rings. The summed E-state index contributed by atoms with van der Waals surface area (Å²) in [5.41, 5.74) is -1.02. The molecule has 0 radical (unpaired) electrons. The number of carboxylic acid groups (broad SMARTS) is 1. The fourth-order valence-corrected chi connectivity index (χ4v) is 3.41. The number of piperidine rings is 1. The van der Waals surface area contributed by atoms with Crippen LogP contribution in [0.3, 0.4) is 0 Å². The van der Waals surface area contributed by atoms with Gasteiger partial charge in [-0.15, -0.1) is 0 Å². The predicted octanol–water partition coefficient (Wildman–Crippen LogP) is 0.666. The van der Waals surface area contributed by atoms with Crippen LogP contribution in [0.2, 0.25) is 0 Å². The highest BCUT2D eigenvalue weighted by Crippen LogP contribution is 2.32. The Kier molecular flexibility index (Phi) is 4.82. The first-order valence-corrected chi connectivity index (χ1v) is 8.37. The van der Waals surface area contributed by atoms with Crippen molar-refractivity contribution < 1.29 is 14.7 Å². The zero-order chi connectivity index (χ0) is 17.9. The second-order valence-electron chi connectivity index (χ2n) is 6.32. The maximum absolute atomic E-state index is 12.4. The van der Waals surface area contributed by atoms with Crippen molar-refractivity contribution >= 4 is 11.9 Å². The number of hydrogen-bond donors (Lipinski definition) is 1. The highest BCUT2D eigenvalue weighted by atomic mass is 16.4. The second kappa shape index (κ2) is 7.04. The molecule has 3 heterocycles. The van der Waals surface area contributed by atoms with Gasteiger partial charge in [-0.2, -0.15) is 5.10 Å². The molecule has 134 valence electrons. The lowest BCUT2D eigenvalue weighted by Crippen LogP contribution is -2.52. The van der Waals surface area contributed by atoms with E-state index in [1.165, 1.54) is 6.33 Å². The van der Waals surface area contributed by atoms with Crippen LogP contribution >= 0.6 is 0 Å². The van der Waals surface area contributed by atoms with E-state index in [0.717, 1.165) is 0 Å². The molecule has 1 amide bonds. The third-order valence-electron chi connectivity index (χ3n) is 4.87. The van der Waals surface area contributed by atoms with Gasteiger partial charge in [0.1, 0.15) is 24.0 Å². The molecule has 9 nitrogen and oxygen atoms in total. The molecule has 0 aromatic carbocycles. The first-order chi connectivity index (χ1) is 12.0. The Balaban J connectivity index is 1.57. The van der Waals surface area contributed by atoms with Gasteiger partial charge in [0.2, 0.25) is 5.91 Å². The first kappa shape index (κ1) is 17.1. The van der Waals surface area contributed by atoms with Crippen LogP contribution in [0.5, 0.6) is 0 Å². The summed E-state index contributed by atoms with van der Waals surface area (Å²) in [6, 6.07) is 0.